The van der Waals surface area contributed by atoms with E-state index in [0.29, 0.717) is 23.3 Å². The van der Waals surface area contributed by atoms with Crippen molar-refractivity contribution in [1.29, 1.82) is 0 Å². The summed E-state index contributed by atoms with van der Waals surface area (Å²) >= 11 is 0. The van der Waals surface area contributed by atoms with E-state index in [9.17, 15) is 9.59 Å². The van der Waals surface area contributed by atoms with Crippen molar-refractivity contribution in [2.45, 2.75) is 39.7 Å². The second kappa shape index (κ2) is 5.78. The highest BCUT2D eigenvalue weighted by atomic mass is 16.5. The number of ether oxygens (including phenoxy) is 1. The minimum Gasteiger partial charge on any atom is -0.487 e. The average Bonchev–Trinajstić information content (AvgIpc) is 2.44. The van der Waals surface area contributed by atoms with Gasteiger partial charge < -0.3 is 10.1 Å². The lowest BCUT2D eigenvalue weighted by atomic mass is 9.92. The Morgan fingerprint density at radius 2 is 1.75 bits per heavy atom. The number of aryl methyl sites for hydroxylation is 2. The van der Waals surface area contributed by atoms with Gasteiger partial charge in [-0.15, -0.1) is 0 Å². The Labute approximate surface area is 141 Å². The molecule has 1 amide bonds. The summed E-state index contributed by atoms with van der Waals surface area (Å²) in [5.74, 6) is 0.307. The SMILES string of the molecule is Cc1cc(C)cc(NC(=O)c2ccc3c(c2)C(=O)CC(C)(C)O3)c1. The van der Waals surface area contributed by atoms with Crippen molar-refractivity contribution in [3.05, 3.63) is 58.7 Å². The van der Waals surface area contributed by atoms with Gasteiger partial charge in [0.05, 0.1) is 12.0 Å². The number of rotatable bonds is 2. The van der Waals surface area contributed by atoms with Crippen LogP contribution in [-0.2, 0) is 0 Å². The van der Waals surface area contributed by atoms with Gasteiger partial charge in [0.2, 0.25) is 0 Å². The molecule has 0 saturated heterocycles. The molecule has 0 bridgehead atoms. The quantitative estimate of drug-likeness (QED) is 0.896. The van der Waals surface area contributed by atoms with Crippen molar-refractivity contribution >= 4 is 17.4 Å². The summed E-state index contributed by atoms with van der Waals surface area (Å²) in [5.41, 5.74) is 3.33. The molecule has 4 nitrogen and oxygen atoms in total. The molecule has 0 unspecified atom stereocenters. The topological polar surface area (TPSA) is 55.4 Å². The zero-order chi connectivity index (χ0) is 17.5. The number of hydrogen-bond acceptors (Lipinski definition) is 3. The zero-order valence-corrected chi connectivity index (χ0v) is 14.4. The lowest BCUT2D eigenvalue weighted by molar-refractivity contribution is 0.0620. The molecule has 0 aliphatic carbocycles. The van der Waals surface area contributed by atoms with Crippen molar-refractivity contribution in [1.82, 2.24) is 0 Å². The normalized spacial score (nSPS) is 15.4. The molecule has 0 atom stereocenters. The molecule has 4 heteroatoms. The molecule has 0 saturated carbocycles. The first-order valence-corrected chi connectivity index (χ1v) is 7.99. The Hall–Kier alpha value is -2.62. The van der Waals surface area contributed by atoms with Gasteiger partial charge in [0.25, 0.3) is 5.91 Å². The highest BCUT2D eigenvalue weighted by Crippen LogP contribution is 2.33. The molecule has 1 aliphatic rings. The van der Waals surface area contributed by atoms with Gasteiger partial charge in [-0.2, -0.15) is 0 Å². The van der Waals surface area contributed by atoms with Crippen LogP contribution in [0.25, 0.3) is 0 Å². The summed E-state index contributed by atoms with van der Waals surface area (Å²) in [6, 6.07) is 10.9. The van der Waals surface area contributed by atoms with Gasteiger partial charge in [-0.05, 0) is 69.2 Å². The number of carbonyl (C=O) groups is 2. The van der Waals surface area contributed by atoms with Crippen molar-refractivity contribution in [2.24, 2.45) is 0 Å². The maximum absolute atomic E-state index is 12.5. The van der Waals surface area contributed by atoms with E-state index in [1.54, 1.807) is 18.2 Å². The van der Waals surface area contributed by atoms with E-state index >= 15 is 0 Å². The Bertz CT molecular complexity index is 817. The number of hydrogen-bond donors (Lipinski definition) is 1. The summed E-state index contributed by atoms with van der Waals surface area (Å²) in [5, 5.41) is 2.89. The largest absolute Gasteiger partial charge is 0.487 e. The number of fused-ring (bicyclic) bond motifs is 1. The number of benzene rings is 2. The second-order valence-electron chi connectivity index (χ2n) is 7.00. The first-order chi connectivity index (χ1) is 11.2. The third-order valence-corrected chi connectivity index (χ3v) is 3.99. The fraction of sp³-hybridized carbons (Fsp3) is 0.300. The Balaban J connectivity index is 1.87. The van der Waals surface area contributed by atoms with Gasteiger partial charge in [-0.3, -0.25) is 9.59 Å². The maximum Gasteiger partial charge on any atom is 0.255 e. The van der Waals surface area contributed by atoms with Crippen LogP contribution in [0.4, 0.5) is 5.69 Å². The molecule has 0 spiro atoms. The van der Waals surface area contributed by atoms with Crippen molar-refractivity contribution < 1.29 is 14.3 Å². The Kier molecular flexibility index (Phi) is 3.91. The highest BCUT2D eigenvalue weighted by molar-refractivity contribution is 6.07. The first kappa shape index (κ1) is 16.2. The van der Waals surface area contributed by atoms with Crippen LogP contribution < -0.4 is 10.1 Å². The third-order valence-electron chi connectivity index (χ3n) is 3.99. The van der Waals surface area contributed by atoms with Crippen LogP contribution in [0.3, 0.4) is 0 Å². The van der Waals surface area contributed by atoms with Crippen LogP contribution in [0.2, 0.25) is 0 Å². The smallest absolute Gasteiger partial charge is 0.255 e. The summed E-state index contributed by atoms with van der Waals surface area (Å²) in [6.45, 7) is 7.74. The molecule has 124 valence electrons. The van der Waals surface area contributed by atoms with Crippen LogP contribution in [0, 0.1) is 13.8 Å². The average molecular weight is 323 g/mol. The van der Waals surface area contributed by atoms with E-state index in [4.69, 9.17) is 4.74 Å². The summed E-state index contributed by atoms with van der Waals surface area (Å²) < 4.78 is 5.82. The molecule has 0 fully saturated rings. The summed E-state index contributed by atoms with van der Waals surface area (Å²) in [6.07, 6.45) is 0.308. The third kappa shape index (κ3) is 3.32. The monoisotopic (exact) mass is 323 g/mol. The van der Waals surface area contributed by atoms with Crippen LogP contribution >= 0.6 is 0 Å². The van der Waals surface area contributed by atoms with Gasteiger partial charge in [0.15, 0.2) is 5.78 Å². The predicted octanol–water partition coefficient (Wildman–Crippen LogP) is 4.30. The summed E-state index contributed by atoms with van der Waals surface area (Å²) in [4.78, 5) is 24.8. The molecule has 1 N–H and O–H groups in total. The number of ketones is 1. The molecule has 2 aromatic rings. The molecular formula is C20H21NO3. The lowest BCUT2D eigenvalue weighted by Gasteiger charge is -2.31. The first-order valence-electron chi connectivity index (χ1n) is 7.99. The second-order valence-corrected chi connectivity index (χ2v) is 7.00. The molecule has 0 radical (unpaired) electrons. The zero-order valence-electron chi connectivity index (χ0n) is 14.4. The number of anilines is 1. The van der Waals surface area contributed by atoms with Gasteiger partial charge in [-0.25, -0.2) is 0 Å². The van der Waals surface area contributed by atoms with Crippen LogP contribution in [0.15, 0.2) is 36.4 Å². The van der Waals surface area contributed by atoms with Crippen LogP contribution in [0.1, 0.15) is 52.1 Å². The minimum absolute atomic E-state index is 0.00213. The Morgan fingerprint density at radius 1 is 1.08 bits per heavy atom. The van der Waals surface area contributed by atoms with Gasteiger partial charge >= 0.3 is 0 Å². The van der Waals surface area contributed by atoms with E-state index in [0.717, 1.165) is 16.8 Å². The van der Waals surface area contributed by atoms with Crippen LogP contribution in [-0.4, -0.2) is 17.3 Å². The number of nitrogens with one attached hydrogen (secondary N) is 1. The maximum atomic E-state index is 12.5. The molecule has 3 rings (SSSR count). The molecule has 1 aliphatic heterocycles. The van der Waals surface area contributed by atoms with E-state index in [1.165, 1.54) is 0 Å². The minimum atomic E-state index is -0.507. The summed E-state index contributed by atoms with van der Waals surface area (Å²) in [7, 11) is 0. The number of carbonyl (C=O) groups excluding carboxylic acids is 2. The van der Waals surface area contributed by atoms with E-state index in [1.807, 2.05) is 45.9 Å². The van der Waals surface area contributed by atoms with Crippen LogP contribution in [0.5, 0.6) is 5.75 Å². The number of amides is 1. The van der Waals surface area contributed by atoms with Crippen molar-refractivity contribution in [3.8, 4) is 5.75 Å². The van der Waals surface area contributed by atoms with Gasteiger partial charge in [-0.1, -0.05) is 6.07 Å². The standard InChI is InChI=1S/C20H21NO3/c1-12-7-13(2)9-15(8-12)21-19(23)14-5-6-18-16(10-14)17(22)11-20(3,4)24-18/h5-10H,11H2,1-4H3,(H,21,23). The Morgan fingerprint density at radius 3 is 2.42 bits per heavy atom. The molecular weight excluding hydrogens is 302 g/mol. The van der Waals surface area contributed by atoms with Gasteiger partial charge in [0.1, 0.15) is 11.4 Å². The fourth-order valence-electron chi connectivity index (χ4n) is 3.04. The van der Waals surface area contributed by atoms with Gasteiger partial charge in [0, 0.05) is 11.3 Å². The van der Waals surface area contributed by atoms with Crippen molar-refractivity contribution in [3.63, 3.8) is 0 Å². The van der Waals surface area contributed by atoms with E-state index in [-0.39, 0.29) is 11.7 Å². The molecule has 0 aromatic heterocycles. The molecule has 2 aromatic carbocycles. The molecule has 1 heterocycles. The lowest BCUT2D eigenvalue weighted by Crippen LogP contribution is -2.36. The van der Waals surface area contributed by atoms with E-state index < -0.39 is 5.60 Å². The fourth-order valence-corrected chi connectivity index (χ4v) is 3.04. The van der Waals surface area contributed by atoms with Crippen molar-refractivity contribution in [2.75, 3.05) is 5.32 Å². The predicted molar refractivity (Wildman–Crippen MR) is 94.0 cm³/mol. The molecule has 24 heavy (non-hydrogen) atoms. The number of Topliss-reactive ketones (excluding diaryl/α,β-unsaturated/α-hetero) is 1. The van der Waals surface area contributed by atoms with E-state index in [2.05, 4.69) is 5.32 Å². The highest BCUT2D eigenvalue weighted by Gasteiger charge is 2.32.